The van der Waals surface area contributed by atoms with Crippen molar-refractivity contribution >= 4 is 87.2 Å². The predicted octanol–water partition coefficient (Wildman–Crippen LogP) is 20.3. The van der Waals surface area contributed by atoms with Crippen LogP contribution in [0.2, 0.25) is 0 Å². The summed E-state index contributed by atoms with van der Waals surface area (Å²) in [7, 11) is 0. The maximum Gasteiger partial charge on any atom is 0.164 e. The van der Waals surface area contributed by atoms with Gasteiger partial charge >= 0.3 is 0 Å². The van der Waals surface area contributed by atoms with E-state index in [0.717, 1.165) is 143 Å². The Balaban J connectivity index is 0.000000139. The summed E-state index contributed by atoms with van der Waals surface area (Å²) in [4.78, 5) is 39.8. The Kier molecular flexibility index (Phi) is 12.6. The van der Waals surface area contributed by atoms with Gasteiger partial charge in [0.25, 0.3) is 0 Å². The Hall–Kier alpha value is -12.4. The summed E-state index contributed by atoms with van der Waals surface area (Å²) >= 11 is 0. The molecule has 12 aromatic carbocycles. The molecular weight excluding hydrogens is 1100 g/mol. The number of pyridine rings is 2. The molecule has 0 unspecified atom stereocenters. The maximum absolute atomic E-state index is 6.51. The Morgan fingerprint density at radius 1 is 0.189 bits per heavy atom. The van der Waals surface area contributed by atoms with Crippen LogP contribution in [0.4, 0.5) is 0 Å². The number of hydrogen-bond donors (Lipinski definition) is 0. The Morgan fingerprint density at radius 2 is 0.489 bits per heavy atom. The molecule has 0 saturated carbocycles. The summed E-state index contributed by atoms with van der Waals surface area (Å²) < 4.78 is 13.0. The van der Waals surface area contributed by atoms with Crippen LogP contribution in [-0.4, -0.2) is 39.9 Å². The summed E-state index contributed by atoms with van der Waals surface area (Å²) in [5.41, 5.74) is 14.7. The van der Waals surface area contributed by atoms with Crippen LogP contribution >= 0.6 is 0 Å². The molecule has 6 aromatic heterocycles. The van der Waals surface area contributed by atoms with Gasteiger partial charge in [0, 0.05) is 98.4 Å². The van der Waals surface area contributed by atoms with E-state index in [2.05, 4.69) is 121 Å². The lowest BCUT2D eigenvalue weighted by atomic mass is 9.97. The summed E-state index contributed by atoms with van der Waals surface area (Å²) in [6.45, 7) is 0. The summed E-state index contributed by atoms with van der Waals surface area (Å²) in [6, 6.07) is 98.4. The normalized spacial score (nSPS) is 11.6. The maximum atomic E-state index is 6.51. The standard InChI is InChI=1S/2C40H24N4O/c1-3-12-25(13-4-1)38-42-39(26-14-5-2-6-15-26)44-40(43-38)28-17-11-16-27(24-28)36-32-23-22-30-29-18-8-10-21-34(29)45-37(30)35(32)31-19-7-9-20-33(31)41-36;1-3-11-26(12-4-1)38-42-39(27-13-5-2-6-14-27)44-40(43-38)28-21-19-25(20-22-28)36-32-24-23-30-29-15-8-10-18-34(29)45-37(30)35(32)31-16-7-9-17-33(31)41-36/h2*1-24H. The van der Waals surface area contributed by atoms with Crippen molar-refractivity contribution in [2.24, 2.45) is 0 Å². The Morgan fingerprint density at radius 3 is 0.911 bits per heavy atom. The van der Waals surface area contributed by atoms with Crippen LogP contribution in [0.5, 0.6) is 0 Å². The van der Waals surface area contributed by atoms with Gasteiger partial charge in [-0.2, -0.15) is 0 Å². The minimum atomic E-state index is 0.606. The highest BCUT2D eigenvalue weighted by Crippen LogP contribution is 2.43. The molecule has 6 heterocycles. The van der Waals surface area contributed by atoms with E-state index in [4.69, 9.17) is 48.7 Å². The third-order valence-electron chi connectivity index (χ3n) is 16.6. The molecule has 18 aromatic rings. The second kappa shape index (κ2) is 21.8. The average Bonchev–Trinajstić information content (AvgIpc) is 1.55. The van der Waals surface area contributed by atoms with Crippen LogP contribution in [0.25, 0.3) is 178 Å². The molecule has 0 aliphatic heterocycles. The van der Waals surface area contributed by atoms with Crippen LogP contribution in [0, 0.1) is 0 Å². The largest absolute Gasteiger partial charge is 0.455 e. The average molecular weight is 1150 g/mol. The number of nitrogens with zero attached hydrogens (tertiary/aromatic N) is 8. The molecule has 10 heteroatoms. The number of benzene rings is 12. The van der Waals surface area contributed by atoms with Gasteiger partial charge in [-0.05, 0) is 42.5 Å². The highest BCUT2D eigenvalue weighted by atomic mass is 16.3. The SMILES string of the molecule is c1ccc(-c2nc(-c3ccccc3)nc(-c3ccc(-c4nc5ccccc5c5c4ccc4c6ccccc6oc45)cc3)n2)cc1.c1ccc(-c2nc(-c3ccccc3)nc(-c3cccc(-c4nc5ccccc5c5c4ccc4c6ccccc6oc45)c3)n2)cc1. The third kappa shape index (κ3) is 9.22. The second-order valence-corrected chi connectivity index (χ2v) is 22.1. The first-order chi connectivity index (χ1) is 44.6. The molecule has 10 nitrogen and oxygen atoms in total. The van der Waals surface area contributed by atoms with Gasteiger partial charge in [0.1, 0.15) is 22.3 Å². The molecule has 0 saturated heterocycles. The number of rotatable bonds is 8. The molecule has 0 amide bonds. The van der Waals surface area contributed by atoms with Gasteiger partial charge in [-0.1, -0.05) is 249 Å². The first-order valence-corrected chi connectivity index (χ1v) is 29.8. The van der Waals surface area contributed by atoms with Crippen molar-refractivity contribution < 1.29 is 8.83 Å². The first-order valence-electron chi connectivity index (χ1n) is 29.8. The van der Waals surface area contributed by atoms with E-state index in [1.165, 1.54) is 0 Å². The Bertz CT molecular complexity index is 5660. The molecular formula is C80H48N8O2. The summed E-state index contributed by atoms with van der Waals surface area (Å²) in [6.07, 6.45) is 0. The lowest BCUT2D eigenvalue weighted by Gasteiger charge is -2.12. The van der Waals surface area contributed by atoms with Crippen molar-refractivity contribution in [3.05, 3.63) is 291 Å². The second-order valence-electron chi connectivity index (χ2n) is 22.1. The van der Waals surface area contributed by atoms with Crippen molar-refractivity contribution in [1.29, 1.82) is 0 Å². The van der Waals surface area contributed by atoms with Crippen molar-refractivity contribution in [2.45, 2.75) is 0 Å². The van der Waals surface area contributed by atoms with Crippen molar-refractivity contribution in [3.63, 3.8) is 0 Å². The van der Waals surface area contributed by atoms with E-state index >= 15 is 0 Å². The molecule has 18 rings (SSSR count). The fraction of sp³-hybridized carbons (Fsp3) is 0. The molecule has 0 bridgehead atoms. The van der Waals surface area contributed by atoms with E-state index in [1.54, 1.807) is 0 Å². The molecule has 0 spiro atoms. The zero-order chi connectivity index (χ0) is 59.5. The molecule has 90 heavy (non-hydrogen) atoms. The number of aromatic nitrogens is 8. The van der Waals surface area contributed by atoms with E-state index in [9.17, 15) is 0 Å². The van der Waals surface area contributed by atoms with E-state index < -0.39 is 0 Å². The van der Waals surface area contributed by atoms with Crippen molar-refractivity contribution in [2.75, 3.05) is 0 Å². The summed E-state index contributed by atoms with van der Waals surface area (Å²) in [5, 5.41) is 10.8. The fourth-order valence-corrected chi connectivity index (χ4v) is 12.3. The minimum Gasteiger partial charge on any atom is -0.455 e. The van der Waals surface area contributed by atoms with Crippen molar-refractivity contribution in [1.82, 2.24) is 39.9 Å². The quantitative estimate of drug-likeness (QED) is 0.136. The molecule has 420 valence electrons. The number of para-hydroxylation sites is 4. The van der Waals surface area contributed by atoms with Crippen LogP contribution in [0.3, 0.4) is 0 Å². The first kappa shape index (κ1) is 52.0. The van der Waals surface area contributed by atoms with Crippen LogP contribution in [0.1, 0.15) is 0 Å². The van der Waals surface area contributed by atoms with Crippen molar-refractivity contribution in [3.8, 4) is 90.8 Å². The molecule has 0 radical (unpaired) electrons. The number of hydrogen-bond acceptors (Lipinski definition) is 10. The van der Waals surface area contributed by atoms with Gasteiger partial charge < -0.3 is 8.83 Å². The molecule has 0 aliphatic rings. The molecule has 0 fully saturated rings. The lowest BCUT2D eigenvalue weighted by Crippen LogP contribution is -2.00. The smallest absolute Gasteiger partial charge is 0.164 e. The monoisotopic (exact) mass is 1150 g/mol. The highest BCUT2D eigenvalue weighted by molar-refractivity contribution is 6.26. The summed E-state index contributed by atoms with van der Waals surface area (Å²) in [5.74, 6) is 3.77. The zero-order valence-electron chi connectivity index (χ0n) is 48.1. The molecule has 0 atom stereocenters. The van der Waals surface area contributed by atoms with E-state index in [0.29, 0.717) is 34.9 Å². The van der Waals surface area contributed by atoms with E-state index in [1.807, 2.05) is 170 Å². The van der Waals surface area contributed by atoms with Gasteiger partial charge in [-0.25, -0.2) is 39.9 Å². The van der Waals surface area contributed by atoms with Gasteiger partial charge in [-0.3, -0.25) is 0 Å². The lowest BCUT2D eigenvalue weighted by molar-refractivity contribution is 0.672. The third-order valence-corrected chi connectivity index (χ3v) is 16.6. The number of fused-ring (bicyclic) bond motifs is 14. The van der Waals surface area contributed by atoms with Gasteiger partial charge in [0.05, 0.1) is 22.4 Å². The zero-order valence-corrected chi connectivity index (χ0v) is 48.1. The minimum absolute atomic E-state index is 0.606. The predicted molar refractivity (Wildman–Crippen MR) is 363 cm³/mol. The topological polar surface area (TPSA) is 129 Å². The molecule has 0 aliphatic carbocycles. The van der Waals surface area contributed by atoms with Gasteiger partial charge in [0.2, 0.25) is 0 Å². The van der Waals surface area contributed by atoms with Crippen LogP contribution in [-0.2, 0) is 0 Å². The highest BCUT2D eigenvalue weighted by Gasteiger charge is 2.21. The fourth-order valence-electron chi connectivity index (χ4n) is 12.3. The van der Waals surface area contributed by atoms with Gasteiger partial charge in [-0.15, -0.1) is 0 Å². The Labute approximate surface area is 515 Å². The van der Waals surface area contributed by atoms with Crippen LogP contribution in [0.15, 0.2) is 300 Å². The van der Waals surface area contributed by atoms with E-state index in [-0.39, 0.29) is 0 Å². The van der Waals surface area contributed by atoms with Gasteiger partial charge in [0.15, 0.2) is 34.9 Å². The molecule has 0 N–H and O–H groups in total. The van der Waals surface area contributed by atoms with Crippen LogP contribution < -0.4 is 0 Å². The number of furan rings is 2.